The second kappa shape index (κ2) is 69.6. The van der Waals surface area contributed by atoms with Crippen molar-refractivity contribution in [3.05, 3.63) is 12.2 Å². The van der Waals surface area contributed by atoms with Gasteiger partial charge in [0.1, 0.15) is 13.2 Å². The lowest BCUT2D eigenvalue weighted by Gasteiger charge is -2.18. The lowest BCUT2D eigenvalue weighted by Crippen LogP contribution is -2.30. The number of allylic oxidation sites excluding steroid dienone is 2. The largest absolute Gasteiger partial charge is 0.462 e. The minimum absolute atomic E-state index is 0.0666. The SMILES string of the molecule is CCCCCCCCC/C=C\CCCCCCCC(=O)OC(COC(=O)CCCCCCCCCCCCCCCC)COC(=O)CCCCCCCCCCCCCCCCCCCCCCCCCCCCCCCCCC. The van der Waals surface area contributed by atoms with E-state index in [4.69, 9.17) is 14.2 Å². The molecule has 0 aliphatic heterocycles. The number of esters is 3. The van der Waals surface area contributed by atoms with E-state index in [1.165, 1.54) is 321 Å². The molecule has 0 aliphatic carbocycles. The normalized spacial score (nSPS) is 12.0. The Morgan fingerprint density at radius 1 is 0.237 bits per heavy atom. The summed E-state index contributed by atoms with van der Waals surface area (Å²) in [6, 6.07) is 0. The zero-order valence-corrected chi connectivity index (χ0v) is 54.6. The number of carbonyl (C=O) groups excluding carboxylic acids is 3. The molecule has 0 aliphatic rings. The monoisotopic (exact) mass is 1130 g/mol. The van der Waals surface area contributed by atoms with Crippen molar-refractivity contribution in [3.8, 4) is 0 Å². The molecule has 0 aromatic rings. The minimum Gasteiger partial charge on any atom is -0.462 e. The average Bonchev–Trinajstić information content (AvgIpc) is 3.46. The van der Waals surface area contributed by atoms with Gasteiger partial charge in [0.05, 0.1) is 0 Å². The van der Waals surface area contributed by atoms with Crippen molar-refractivity contribution in [3.63, 3.8) is 0 Å². The molecule has 0 saturated carbocycles. The van der Waals surface area contributed by atoms with Gasteiger partial charge in [0.15, 0.2) is 6.10 Å². The highest BCUT2D eigenvalue weighted by molar-refractivity contribution is 5.71. The highest BCUT2D eigenvalue weighted by Gasteiger charge is 2.20. The van der Waals surface area contributed by atoms with Crippen LogP contribution in [-0.2, 0) is 28.6 Å². The lowest BCUT2D eigenvalue weighted by molar-refractivity contribution is -0.167. The predicted octanol–water partition coefficient (Wildman–Crippen LogP) is 25.2. The van der Waals surface area contributed by atoms with Crippen LogP contribution < -0.4 is 0 Å². The van der Waals surface area contributed by atoms with E-state index in [9.17, 15) is 14.4 Å². The summed E-state index contributed by atoms with van der Waals surface area (Å²) in [5.41, 5.74) is 0. The van der Waals surface area contributed by atoms with Crippen LogP contribution in [0.15, 0.2) is 12.2 Å². The van der Waals surface area contributed by atoms with Crippen LogP contribution in [0.1, 0.15) is 425 Å². The van der Waals surface area contributed by atoms with Gasteiger partial charge in [-0.3, -0.25) is 14.4 Å². The summed E-state index contributed by atoms with van der Waals surface area (Å²) >= 11 is 0. The molecule has 0 aromatic carbocycles. The number of ether oxygens (including phenoxy) is 3. The summed E-state index contributed by atoms with van der Waals surface area (Å²) in [7, 11) is 0. The summed E-state index contributed by atoms with van der Waals surface area (Å²) in [5, 5.41) is 0. The number of hydrogen-bond donors (Lipinski definition) is 0. The van der Waals surface area contributed by atoms with E-state index in [1.54, 1.807) is 0 Å². The first kappa shape index (κ1) is 78.1. The molecule has 0 radical (unpaired) electrons. The van der Waals surface area contributed by atoms with Crippen LogP contribution in [0, 0.1) is 0 Å². The van der Waals surface area contributed by atoms with Gasteiger partial charge in [-0.2, -0.15) is 0 Å². The smallest absolute Gasteiger partial charge is 0.306 e. The van der Waals surface area contributed by atoms with Crippen molar-refractivity contribution in [2.45, 2.75) is 431 Å². The molecule has 6 nitrogen and oxygen atoms in total. The second-order valence-corrected chi connectivity index (χ2v) is 25.2. The van der Waals surface area contributed by atoms with Crippen molar-refractivity contribution in [1.82, 2.24) is 0 Å². The Kier molecular flexibility index (Phi) is 68.0. The molecule has 1 unspecified atom stereocenters. The summed E-state index contributed by atoms with van der Waals surface area (Å²) in [5.74, 6) is -0.841. The van der Waals surface area contributed by atoms with E-state index >= 15 is 0 Å². The minimum atomic E-state index is -0.771. The second-order valence-electron chi connectivity index (χ2n) is 25.2. The van der Waals surface area contributed by atoms with Crippen LogP contribution in [0.5, 0.6) is 0 Å². The average molecular weight is 1130 g/mol. The quantitative estimate of drug-likeness (QED) is 0.0261. The molecule has 0 rings (SSSR count). The molecule has 0 saturated heterocycles. The Balaban J connectivity index is 4.09. The molecule has 0 fully saturated rings. The van der Waals surface area contributed by atoms with E-state index in [1.807, 2.05) is 0 Å². The van der Waals surface area contributed by atoms with Crippen molar-refractivity contribution in [2.75, 3.05) is 13.2 Å². The third kappa shape index (κ3) is 66.9. The number of carbonyl (C=O) groups is 3. The molecule has 0 N–H and O–H groups in total. The summed E-state index contributed by atoms with van der Waals surface area (Å²) < 4.78 is 17.0. The molecule has 474 valence electrons. The maximum atomic E-state index is 12.9. The Morgan fingerprint density at radius 3 is 0.625 bits per heavy atom. The number of rotatable bonds is 69. The first-order valence-corrected chi connectivity index (χ1v) is 36.7. The topological polar surface area (TPSA) is 78.9 Å². The van der Waals surface area contributed by atoms with Gasteiger partial charge in [0.2, 0.25) is 0 Å². The van der Waals surface area contributed by atoms with Crippen molar-refractivity contribution in [1.29, 1.82) is 0 Å². The molecule has 80 heavy (non-hydrogen) atoms. The van der Waals surface area contributed by atoms with Crippen LogP contribution in [0.4, 0.5) is 0 Å². The van der Waals surface area contributed by atoms with E-state index < -0.39 is 6.10 Å². The van der Waals surface area contributed by atoms with Crippen LogP contribution in [0.25, 0.3) is 0 Å². The van der Waals surface area contributed by atoms with Gasteiger partial charge in [0, 0.05) is 19.3 Å². The maximum absolute atomic E-state index is 12.9. The highest BCUT2D eigenvalue weighted by Crippen LogP contribution is 2.19. The molecule has 0 spiro atoms. The number of hydrogen-bond acceptors (Lipinski definition) is 6. The molecule has 6 heteroatoms. The molecule has 0 aromatic heterocycles. The summed E-state index contributed by atoms with van der Waals surface area (Å²) in [4.78, 5) is 38.4. The van der Waals surface area contributed by atoms with Gasteiger partial charge in [0.25, 0.3) is 0 Å². The zero-order chi connectivity index (χ0) is 57.8. The maximum Gasteiger partial charge on any atom is 0.306 e. The molecule has 0 amide bonds. The molecule has 0 heterocycles. The summed E-state index contributed by atoms with van der Waals surface area (Å²) in [6.07, 6.45) is 84.1. The van der Waals surface area contributed by atoms with Gasteiger partial charge < -0.3 is 14.2 Å². The van der Waals surface area contributed by atoms with Gasteiger partial charge in [-0.1, -0.05) is 373 Å². The predicted molar refractivity (Wildman–Crippen MR) is 349 cm³/mol. The Bertz CT molecular complexity index is 1250. The van der Waals surface area contributed by atoms with Gasteiger partial charge >= 0.3 is 17.9 Å². The van der Waals surface area contributed by atoms with E-state index in [2.05, 4.69) is 32.9 Å². The fraction of sp³-hybridized carbons (Fsp3) is 0.932. The first-order valence-electron chi connectivity index (χ1n) is 36.7. The van der Waals surface area contributed by atoms with E-state index in [0.717, 1.165) is 64.2 Å². The standard InChI is InChI=1S/C74H142O6/c1-4-7-10-13-16-19-22-25-28-30-31-32-33-34-35-36-37-38-39-40-41-42-43-44-45-47-49-52-55-58-61-64-67-73(76)79-70-71(69-78-72(75)66-63-60-57-54-51-48-27-24-21-18-15-12-9-6-3)80-74(77)68-65-62-59-56-53-50-46-29-26-23-20-17-14-11-8-5-2/h29,46,71H,4-28,30-45,47-70H2,1-3H3/b46-29-. The Morgan fingerprint density at radius 2 is 0.412 bits per heavy atom. The van der Waals surface area contributed by atoms with E-state index in [0.29, 0.717) is 19.3 Å². The molecular formula is C74H142O6. The molecule has 1 atom stereocenters. The lowest BCUT2D eigenvalue weighted by atomic mass is 10.0. The summed E-state index contributed by atoms with van der Waals surface area (Å²) in [6.45, 7) is 6.72. The van der Waals surface area contributed by atoms with Crippen LogP contribution in [0.2, 0.25) is 0 Å². The van der Waals surface area contributed by atoms with Crippen molar-refractivity contribution >= 4 is 17.9 Å². The van der Waals surface area contributed by atoms with Gasteiger partial charge in [-0.25, -0.2) is 0 Å². The fourth-order valence-electron chi connectivity index (χ4n) is 11.5. The Hall–Kier alpha value is -1.85. The first-order chi connectivity index (χ1) is 39.5. The van der Waals surface area contributed by atoms with Crippen LogP contribution >= 0.6 is 0 Å². The van der Waals surface area contributed by atoms with Crippen molar-refractivity contribution in [2.24, 2.45) is 0 Å². The zero-order valence-electron chi connectivity index (χ0n) is 54.6. The number of unbranched alkanes of at least 4 members (excludes halogenated alkanes) is 56. The molecular weight excluding hydrogens is 985 g/mol. The van der Waals surface area contributed by atoms with Crippen LogP contribution in [0.3, 0.4) is 0 Å². The third-order valence-electron chi connectivity index (χ3n) is 17.0. The van der Waals surface area contributed by atoms with Crippen molar-refractivity contribution < 1.29 is 28.6 Å². The Labute approximate surface area is 501 Å². The third-order valence-corrected chi connectivity index (χ3v) is 17.0. The van der Waals surface area contributed by atoms with Gasteiger partial charge in [-0.15, -0.1) is 0 Å². The van der Waals surface area contributed by atoms with Crippen LogP contribution in [-0.4, -0.2) is 37.2 Å². The highest BCUT2D eigenvalue weighted by atomic mass is 16.6. The fourth-order valence-corrected chi connectivity index (χ4v) is 11.5. The molecule has 0 bridgehead atoms. The van der Waals surface area contributed by atoms with E-state index in [-0.39, 0.29) is 31.1 Å². The van der Waals surface area contributed by atoms with Gasteiger partial charge in [-0.05, 0) is 44.9 Å².